The summed E-state index contributed by atoms with van der Waals surface area (Å²) >= 11 is 0. The van der Waals surface area contributed by atoms with Gasteiger partial charge in [-0.25, -0.2) is 4.79 Å². The molecule has 0 bridgehead atoms. The number of carbonyl (C=O) groups is 4. The van der Waals surface area contributed by atoms with E-state index in [9.17, 15) is 14.4 Å². The highest BCUT2D eigenvalue weighted by Crippen LogP contribution is 2.02. The van der Waals surface area contributed by atoms with Gasteiger partial charge in [0.2, 0.25) is 5.91 Å². The summed E-state index contributed by atoms with van der Waals surface area (Å²) in [6, 6.07) is -2.04. The van der Waals surface area contributed by atoms with E-state index in [4.69, 9.17) is 31.6 Å². The molecule has 23 heavy (non-hydrogen) atoms. The number of amides is 1. The van der Waals surface area contributed by atoms with Crippen LogP contribution in [0, 0.1) is 0 Å². The monoisotopic (exact) mass is 335 g/mol. The molecule has 10 heteroatoms. The molecule has 2 atom stereocenters. The maximum Gasteiger partial charge on any atom is 0.326 e. The third-order valence-corrected chi connectivity index (χ3v) is 2.57. The molecule has 0 aliphatic rings. The van der Waals surface area contributed by atoms with Gasteiger partial charge in [-0.1, -0.05) is 6.42 Å². The first kappa shape index (κ1) is 23.1. The van der Waals surface area contributed by atoms with Crippen LogP contribution in [0.2, 0.25) is 0 Å². The topological polar surface area (TPSA) is 193 Å². The summed E-state index contributed by atoms with van der Waals surface area (Å²) in [5.41, 5.74) is 10.9. The van der Waals surface area contributed by atoms with Crippen molar-refractivity contribution in [3.8, 4) is 0 Å². The molecule has 0 heterocycles. The molecule has 0 aromatic rings. The Morgan fingerprint density at radius 2 is 1.57 bits per heavy atom. The van der Waals surface area contributed by atoms with E-state index in [0.717, 1.165) is 13.3 Å². The van der Waals surface area contributed by atoms with Crippen molar-refractivity contribution in [2.75, 3.05) is 6.54 Å². The summed E-state index contributed by atoms with van der Waals surface area (Å²) in [5, 5.41) is 27.0. The Morgan fingerprint density at radius 3 is 1.96 bits per heavy atom. The molecule has 1 amide bonds. The average Bonchev–Trinajstić information content (AvgIpc) is 2.42. The van der Waals surface area contributed by atoms with Crippen LogP contribution in [-0.4, -0.2) is 57.8 Å². The molecule has 0 saturated carbocycles. The minimum atomic E-state index is -1.27. The van der Waals surface area contributed by atoms with Crippen LogP contribution in [0.4, 0.5) is 0 Å². The lowest BCUT2D eigenvalue weighted by atomic mass is 10.1. The van der Waals surface area contributed by atoms with Gasteiger partial charge in [-0.15, -0.1) is 0 Å². The highest BCUT2D eigenvalue weighted by molar-refractivity contribution is 5.87. The van der Waals surface area contributed by atoms with Gasteiger partial charge in [0, 0.05) is 13.3 Å². The largest absolute Gasteiger partial charge is 0.481 e. The highest BCUT2D eigenvalue weighted by atomic mass is 16.4. The number of nitrogens with one attached hydrogen (secondary N) is 1. The van der Waals surface area contributed by atoms with Crippen LogP contribution in [0.25, 0.3) is 0 Å². The number of carbonyl (C=O) groups excluding carboxylic acids is 1. The van der Waals surface area contributed by atoms with Gasteiger partial charge >= 0.3 is 11.9 Å². The number of aliphatic carboxylic acids is 3. The Morgan fingerprint density at radius 1 is 1.04 bits per heavy atom. The number of unbranched alkanes of at least 4 members (excludes halogenated alkanes) is 1. The van der Waals surface area contributed by atoms with Crippen LogP contribution in [-0.2, 0) is 19.2 Å². The van der Waals surface area contributed by atoms with Gasteiger partial charge in [0.25, 0.3) is 5.97 Å². The van der Waals surface area contributed by atoms with Crippen molar-refractivity contribution < 1.29 is 34.5 Å². The van der Waals surface area contributed by atoms with E-state index in [1.54, 1.807) is 0 Å². The summed E-state index contributed by atoms with van der Waals surface area (Å²) in [5.74, 6) is -3.81. The Bertz CT molecular complexity index is 397. The minimum Gasteiger partial charge on any atom is -0.481 e. The molecule has 0 aromatic carbocycles. The standard InChI is InChI=1S/C11H21N3O5.C2H4O2/c12-6-2-1-3-7(13)10(17)14-8(11(18)19)4-5-9(15)16;1-2(3)4/h7-8H,1-6,12-13H2,(H,14,17)(H,15,16)(H,18,19);1H3,(H,3,4). The van der Waals surface area contributed by atoms with Gasteiger partial charge < -0.3 is 32.1 Å². The second kappa shape index (κ2) is 13.5. The van der Waals surface area contributed by atoms with Crippen molar-refractivity contribution in [1.29, 1.82) is 0 Å². The fraction of sp³-hybridized carbons (Fsp3) is 0.692. The van der Waals surface area contributed by atoms with Gasteiger partial charge in [0.1, 0.15) is 6.04 Å². The number of hydrogen-bond acceptors (Lipinski definition) is 6. The Hall–Kier alpha value is -2.20. The fourth-order valence-electron chi connectivity index (χ4n) is 1.44. The number of rotatable bonds is 10. The van der Waals surface area contributed by atoms with Crippen LogP contribution in [0.1, 0.15) is 39.0 Å². The van der Waals surface area contributed by atoms with Crippen molar-refractivity contribution in [3.05, 3.63) is 0 Å². The van der Waals surface area contributed by atoms with Crippen LogP contribution in [0.5, 0.6) is 0 Å². The normalized spacial score (nSPS) is 12.3. The molecule has 8 N–H and O–H groups in total. The number of nitrogens with two attached hydrogens (primary N) is 2. The fourth-order valence-corrected chi connectivity index (χ4v) is 1.44. The lowest BCUT2D eigenvalue weighted by Gasteiger charge is -2.17. The molecule has 0 spiro atoms. The summed E-state index contributed by atoms with van der Waals surface area (Å²) in [6.45, 7) is 1.59. The van der Waals surface area contributed by atoms with E-state index in [1.165, 1.54) is 0 Å². The average molecular weight is 335 g/mol. The molecule has 0 radical (unpaired) electrons. The predicted molar refractivity (Wildman–Crippen MR) is 80.6 cm³/mol. The van der Waals surface area contributed by atoms with Gasteiger partial charge in [-0.3, -0.25) is 14.4 Å². The predicted octanol–water partition coefficient (Wildman–Crippen LogP) is -1.03. The first-order valence-electron chi connectivity index (χ1n) is 7.01. The summed E-state index contributed by atoms with van der Waals surface area (Å²) < 4.78 is 0. The van der Waals surface area contributed by atoms with E-state index >= 15 is 0 Å². The first-order chi connectivity index (χ1) is 10.6. The maximum atomic E-state index is 11.6. The lowest BCUT2D eigenvalue weighted by Crippen LogP contribution is -2.48. The smallest absolute Gasteiger partial charge is 0.326 e. The van der Waals surface area contributed by atoms with Crippen LogP contribution in [0.3, 0.4) is 0 Å². The molecule has 134 valence electrons. The van der Waals surface area contributed by atoms with E-state index in [1.807, 2.05) is 0 Å². The maximum absolute atomic E-state index is 11.6. The number of hydrogen-bond donors (Lipinski definition) is 6. The zero-order valence-corrected chi connectivity index (χ0v) is 13.0. The first-order valence-corrected chi connectivity index (χ1v) is 7.01. The van der Waals surface area contributed by atoms with Gasteiger partial charge in [-0.05, 0) is 25.8 Å². The zero-order valence-electron chi connectivity index (χ0n) is 13.0. The Labute approximate surface area is 133 Å². The van der Waals surface area contributed by atoms with E-state index in [0.29, 0.717) is 19.4 Å². The highest BCUT2D eigenvalue weighted by Gasteiger charge is 2.23. The van der Waals surface area contributed by atoms with Gasteiger partial charge in [0.15, 0.2) is 0 Å². The molecule has 0 saturated heterocycles. The summed E-state index contributed by atoms with van der Waals surface area (Å²) in [6.07, 6.45) is 1.32. The second-order valence-corrected chi connectivity index (χ2v) is 4.74. The molecular formula is C13H25N3O7. The third-order valence-electron chi connectivity index (χ3n) is 2.57. The van der Waals surface area contributed by atoms with Crippen LogP contribution >= 0.6 is 0 Å². The number of carboxylic acids is 3. The Kier molecular flexibility index (Phi) is 13.5. The van der Waals surface area contributed by atoms with Crippen molar-refractivity contribution in [1.82, 2.24) is 5.32 Å². The third kappa shape index (κ3) is 16.0. The second-order valence-electron chi connectivity index (χ2n) is 4.74. The molecule has 0 aromatic heterocycles. The van der Waals surface area contributed by atoms with E-state index < -0.39 is 35.9 Å². The molecule has 10 nitrogen and oxygen atoms in total. The number of carboxylic acid groups (broad SMARTS) is 3. The van der Waals surface area contributed by atoms with Crippen LogP contribution < -0.4 is 16.8 Å². The SMILES string of the molecule is CC(=O)O.NCCCCC(N)C(=O)NC(CCC(=O)O)C(=O)O. The van der Waals surface area contributed by atoms with Crippen molar-refractivity contribution in [2.45, 2.75) is 51.1 Å². The van der Waals surface area contributed by atoms with Gasteiger partial charge in [0.05, 0.1) is 6.04 Å². The minimum absolute atomic E-state index is 0.175. The molecular weight excluding hydrogens is 310 g/mol. The quantitative estimate of drug-likeness (QED) is 0.270. The van der Waals surface area contributed by atoms with E-state index in [-0.39, 0.29) is 12.8 Å². The van der Waals surface area contributed by atoms with Gasteiger partial charge in [-0.2, -0.15) is 0 Å². The molecule has 0 aliphatic carbocycles. The summed E-state index contributed by atoms with van der Waals surface area (Å²) in [4.78, 5) is 41.9. The van der Waals surface area contributed by atoms with Crippen LogP contribution in [0.15, 0.2) is 0 Å². The van der Waals surface area contributed by atoms with Crippen molar-refractivity contribution in [2.24, 2.45) is 11.5 Å². The summed E-state index contributed by atoms with van der Waals surface area (Å²) in [7, 11) is 0. The van der Waals surface area contributed by atoms with Crippen molar-refractivity contribution >= 4 is 23.8 Å². The molecule has 0 fully saturated rings. The molecule has 0 aliphatic heterocycles. The van der Waals surface area contributed by atoms with Crippen molar-refractivity contribution in [3.63, 3.8) is 0 Å². The Balaban J connectivity index is 0. The lowest BCUT2D eigenvalue weighted by molar-refractivity contribution is -0.143. The molecule has 0 rings (SSSR count). The molecule has 2 unspecified atom stereocenters. The zero-order chi connectivity index (χ0) is 18.4. The van der Waals surface area contributed by atoms with E-state index in [2.05, 4.69) is 5.32 Å².